The van der Waals surface area contributed by atoms with E-state index in [2.05, 4.69) is 51.3 Å². The van der Waals surface area contributed by atoms with Crippen LogP contribution in [0.3, 0.4) is 0 Å². The standard InChI is InChI=1S/C27H30Cl2N4O/c28-23-14-24(29)16-26(15-23)33-27(34)32-18-22(11-13-31-25-5-1-2-6-25)20-9-7-19(8-10-20)21-4-3-12-30-17-21/h3-4,7-10,12,14-17,22,25,31H,1-2,5-6,11,13,18H2,(H2,32,33,34). The minimum Gasteiger partial charge on any atom is -0.337 e. The fraction of sp³-hybridized carbons (Fsp3) is 0.333. The molecule has 0 bridgehead atoms. The molecule has 1 fully saturated rings. The molecule has 34 heavy (non-hydrogen) atoms. The molecular formula is C27H30Cl2N4O. The number of amides is 2. The lowest BCUT2D eigenvalue weighted by atomic mass is 9.93. The summed E-state index contributed by atoms with van der Waals surface area (Å²) in [7, 11) is 0. The van der Waals surface area contributed by atoms with Crippen molar-refractivity contribution >= 4 is 34.9 Å². The van der Waals surface area contributed by atoms with Crippen LogP contribution < -0.4 is 16.0 Å². The van der Waals surface area contributed by atoms with Gasteiger partial charge in [-0.2, -0.15) is 0 Å². The summed E-state index contributed by atoms with van der Waals surface area (Å²) in [5.74, 6) is 0.186. The summed E-state index contributed by atoms with van der Waals surface area (Å²) in [6, 6.07) is 17.9. The first-order valence-corrected chi connectivity index (χ1v) is 12.6. The first-order chi connectivity index (χ1) is 16.6. The first-order valence-electron chi connectivity index (χ1n) is 11.8. The number of nitrogens with zero attached hydrogens (tertiary/aromatic N) is 1. The van der Waals surface area contributed by atoms with Crippen LogP contribution in [0.2, 0.25) is 10.0 Å². The van der Waals surface area contributed by atoms with Gasteiger partial charge in [-0.15, -0.1) is 0 Å². The molecule has 2 aromatic carbocycles. The summed E-state index contributed by atoms with van der Waals surface area (Å²) in [4.78, 5) is 16.8. The van der Waals surface area contributed by atoms with Crippen LogP contribution in [0.4, 0.5) is 10.5 Å². The normalized spacial score (nSPS) is 14.6. The molecule has 0 aliphatic heterocycles. The maximum Gasteiger partial charge on any atom is 0.319 e. The fourth-order valence-electron chi connectivity index (χ4n) is 4.48. The number of urea groups is 1. The molecule has 7 heteroatoms. The van der Waals surface area contributed by atoms with E-state index in [0.29, 0.717) is 28.3 Å². The number of aromatic nitrogens is 1. The minimum atomic E-state index is -0.279. The molecule has 1 unspecified atom stereocenters. The van der Waals surface area contributed by atoms with Gasteiger partial charge in [0, 0.05) is 46.6 Å². The maximum atomic E-state index is 12.6. The van der Waals surface area contributed by atoms with Gasteiger partial charge in [0.1, 0.15) is 0 Å². The van der Waals surface area contributed by atoms with Gasteiger partial charge in [0.05, 0.1) is 0 Å². The monoisotopic (exact) mass is 496 g/mol. The number of carbonyl (C=O) groups excluding carboxylic acids is 1. The van der Waals surface area contributed by atoms with Gasteiger partial charge in [0.15, 0.2) is 0 Å². The third-order valence-corrected chi connectivity index (χ3v) is 6.72. The molecular weight excluding hydrogens is 467 g/mol. The average molecular weight is 497 g/mol. The van der Waals surface area contributed by atoms with E-state index in [1.54, 1.807) is 24.4 Å². The molecule has 1 aromatic heterocycles. The van der Waals surface area contributed by atoms with Crippen molar-refractivity contribution in [3.8, 4) is 11.1 Å². The van der Waals surface area contributed by atoms with Crippen LogP contribution in [-0.2, 0) is 0 Å². The Balaban J connectivity index is 1.39. The molecule has 1 aliphatic rings. The van der Waals surface area contributed by atoms with Crippen LogP contribution >= 0.6 is 23.2 Å². The van der Waals surface area contributed by atoms with Crippen LogP contribution in [0.1, 0.15) is 43.6 Å². The highest BCUT2D eigenvalue weighted by Gasteiger charge is 2.17. The Bertz CT molecular complexity index is 1050. The highest BCUT2D eigenvalue weighted by atomic mass is 35.5. The van der Waals surface area contributed by atoms with E-state index in [9.17, 15) is 4.79 Å². The number of carbonyl (C=O) groups is 1. The Hall–Kier alpha value is -2.60. The molecule has 3 aromatic rings. The molecule has 3 N–H and O–H groups in total. The fourth-order valence-corrected chi connectivity index (χ4v) is 5.00. The van der Waals surface area contributed by atoms with E-state index in [1.165, 1.54) is 31.2 Å². The van der Waals surface area contributed by atoms with Gasteiger partial charge < -0.3 is 16.0 Å². The Morgan fingerprint density at radius 1 is 1.00 bits per heavy atom. The summed E-state index contributed by atoms with van der Waals surface area (Å²) in [5.41, 5.74) is 3.98. The predicted molar refractivity (Wildman–Crippen MR) is 141 cm³/mol. The average Bonchev–Trinajstić information content (AvgIpc) is 3.35. The van der Waals surface area contributed by atoms with Crippen LogP contribution in [-0.4, -0.2) is 30.1 Å². The summed E-state index contributed by atoms with van der Waals surface area (Å²) in [6.45, 7) is 1.45. The van der Waals surface area contributed by atoms with Gasteiger partial charge in [-0.25, -0.2) is 4.79 Å². The van der Waals surface area contributed by atoms with Crippen molar-refractivity contribution in [2.24, 2.45) is 0 Å². The lowest BCUT2D eigenvalue weighted by Crippen LogP contribution is -2.34. The quantitative estimate of drug-likeness (QED) is 0.302. The Labute approximate surface area is 211 Å². The SMILES string of the molecule is O=C(NCC(CCNC1CCCC1)c1ccc(-c2cccnc2)cc1)Nc1cc(Cl)cc(Cl)c1. The van der Waals surface area contributed by atoms with E-state index in [-0.39, 0.29) is 11.9 Å². The van der Waals surface area contributed by atoms with Crippen LogP contribution in [0.25, 0.3) is 11.1 Å². The predicted octanol–water partition coefficient (Wildman–Crippen LogP) is 6.88. The van der Waals surface area contributed by atoms with E-state index in [1.807, 2.05) is 12.3 Å². The van der Waals surface area contributed by atoms with Gasteiger partial charge in [-0.1, -0.05) is 66.4 Å². The number of hydrogen-bond acceptors (Lipinski definition) is 3. The molecule has 1 heterocycles. The Morgan fingerprint density at radius 3 is 2.41 bits per heavy atom. The Morgan fingerprint density at radius 2 is 1.74 bits per heavy atom. The summed E-state index contributed by atoms with van der Waals surface area (Å²) in [6.07, 6.45) is 9.72. The van der Waals surface area contributed by atoms with Crippen molar-refractivity contribution in [3.63, 3.8) is 0 Å². The van der Waals surface area contributed by atoms with E-state index >= 15 is 0 Å². The first kappa shape index (κ1) is 24.5. The van der Waals surface area contributed by atoms with Gasteiger partial charge >= 0.3 is 6.03 Å². The lowest BCUT2D eigenvalue weighted by molar-refractivity contribution is 0.251. The molecule has 0 radical (unpaired) electrons. The maximum absolute atomic E-state index is 12.6. The van der Waals surface area contributed by atoms with Crippen molar-refractivity contribution in [1.82, 2.24) is 15.6 Å². The number of anilines is 1. The number of benzene rings is 2. The second kappa shape index (κ2) is 12.2. The summed E-state index contributed by atoms with van der Waals surface area (Å²) < 4.78 is 0. The summed E-state index contributed by atoms with van der Waals surface area (Å²) >= 11 is 12.1. The highest BCUT2D eigenvalue weighted by Crippen LogP contribution is 2.25. The molecule has 1 atom stereocenters. The van der Waals surface area contributed by atoms with Gasteiger partial charge in [-0.05, 0) is 66.8 Å². The second-order valence-corrected chi connectivity index (χ2v) is 9.65. The summed E-state index contributed by atoms with van der Waals surface area (Å²) in [5, 5.41) is 10.5. The van der Waals surface area contributed by atoms with E-state index in [0.717, 1.165) is 24.1 Å². The second-order valence-electron chi connectivity index (χ2n) is 8.78. The number of rotatable bonds is 9. The van der Waals surface area contributed by atoms with Crippen molar-refractivity contribution in [2.45, 2.75) is 44.1 Å². The Kier molecular flexibility index (Phi) is 8.80. The van der Waals surface area contributed by atoms with E-state index in [4.69, 9.17) is 23.2 Å². The topological polar surface area (TPSA) is 66.0 Å². The van der Waals surface area contributed by atoms with Crippen molar-refractivity contribution < 1.29 is 4.79 Å². The van der Waals surface area contributed by atoms with Gasteiger partial charge in [0.2, 0.25) is 0 Å². The number of pyridine rings is 1. The molecule has 1 saturated carbocycles. The lowest BCUT2D eigenvalue weighted by Gasteiger charge is -2.21. The van der Waals surface area contributed by atoms with Crippen molar-refractivity contribution in [1.29, 1.82) is 0 Å². The molecule has 0 saturated heterocycles. The number of nitrogens with one attached hydrogen (secondary N) is 3. The zero-order chi connectivity index (χ0) is 23.8. The third kappa shape index (κ3) is 7.20. The van der Waals surface area contributed by atoms with Crippen molar-refractivity contribution in [3.05, 3.63) is 82.6 Å². The van der Waals surface area contributed by atoms with Crippen LogP contribution in [0.5, 0.6) is 0 Å². The van der Waals surface area contributed by atoms with Crippen LogP contribution in [0.15, 0.2) is 67.0 Å². The number of hydrogen-bond donors (Lipinski definition) is 3. The van der Waals surface area contributed by atoms with Gasteiger partial charge in [0.25, 0.3) is 0 Å². The van der Waals surface area contributed by atoms with Crippen LogP contribution in [0, 0.1) is 0 Å². The molecule has 5 nitrogen and oxygen atoms in total. The zero-order valence-corrected chi connectivity index (χ0v) is 20.6. The third-order valence-electron chi connectivity index (χ3n) is 6.29. The largest absolute Gasteiger partial charge is 0.337 e. The molecule has 0 spiro atoms. The minimum absolute atomic E-state index is 0.186. The van der Waals surface area contributed by atoms with Gasteiger partial charge in [-0.3, -0.25) is 4.98 Å². The number of halogens is 2. The van der Waals surface area contributed by atoms with Crippen molar-refractivity contribution in [2.75, 3.05) is 18.4 Å². The van der Waals surface area contributed by atoms with E-state index < -0.39 is 0 Å². The zero-order valence-electron chi connectivity index (χ0n) is 19.1. The molecule has 1 aliphatic carbocycles. The highest BCUT2D eigenvalue weighted by molar-refractivity contribution is 6.35. The molecule has 4 rings (SSSR count). The molecule has 178 valence electrons. The molecule has 2 amide bonds. The smallest absolute Gasteiger partial charge is 0.319 e.